The average molecular weight is 408 g/mol. The first-order chi connectivity index (χ1) is 13.4. The molecule has 1 aliphatic carbocycles. The zero-order valence-electron chi connectivity index (χ0n) is 17.4. The normalized spacial score (nSPS) is 34.7. The lowest BCUT2D eigenvalue weighted by molar-refractivity contribution is -0.198. The van der Waals surface area contributed by atoms with Crippen LogP contribution in [0, 0.1) is 11.8 Å². The van der Waals surface area contributed by atoms with E-state index in [1.807, 2.05) is 0 Å². The Labute approximate surface area is 169 Å². The maximum atomic E-state index is 12.7. The Morgan fingerprint density at radius 3 is 2.48 bits per heavy atom. The molecule has 0 spiro atoms. The first kappa shape index (κ1) is 22.8. The molecule has 29 heavy (non-hydrogen) atoms. The highest BCUT2D eigenvalue weighted by Gasteiger charge is 2.55. The fourth-order valence-electron chi connectivity index (χ4n) is 3.53. The van der Waals surface area contributed by atoms with Crippen molar-refractivity contribution in [3.8, 4) is 0 Å². The number of aliphatic hydroxyl groups is 1. The Kier molecular flexibility index (Phi) is 6.67. The molecule has 8 heteroatoms. The minimum absolute atomic E-state index is 0.0327. The van der Waals surface area contributed by atoms with Gasteiger partial charge in [0, 0.05) is 25.3 Å². The van der Waals surface area contributed by atoms with Crippen LogP contribution in [-0.2, 0) is 33.4 Å². The van der Waals surface area contributed by atoms with Crippen LogP contribution in [0.2, 0.25) is 0 Å². The summed E-state index contributed by atoms with van der Waals surface area (Å²) in [7, 11) is 0. The standard InChI is InChI=1S/C21H28O8/c1-10(2)19(24)29-17-16-12(4)20(25)28-14(16)9-11(3)7-8-15(23)21(6,26)18(17)27-13(5)22/h7,10,14,16-18,26H,4,8-9H2,1-3,5-6H3/b11-7-/t14-,16+,17+,18-,21+/m1/s1. The van der Waals surface area contributed by atoms with Gasteiger partial charge in [0.1, 0.15) is 6.10 Å². The van der Waals surface area contributed by atoms with Crippen LogP contribution in [0.15, 0.2) is 23.8 Å². The molecule has 5 atom stereocenters. The summed E-state index contributed by atoms with van der Waals surface area (Å²) >= 11 is 0. The van der Waals surface area contributed by atoms with Crippen LogP contribution in [0.4, 0.5) is 0 Å². The molecule has 2 aliphatic rings. The maximum absolute atomic E-state index is 12.7. The largest absolute Gasteiger partial charge is 0.458 e. The Balaban J connectivity index is 2.66. The molecule has 1 heterocycles. The number of Topliss-reactive ketones (excluding diaryl/α,β-unsaturated/α-hetero) is 1. The number of hydrogen-bond acceptors (Lipinski definition) is 8. The number of ketones is 1. The fraction of sp³-hybridized carbons (Fsp3) is 0.619. The molecule has 0 aromatic rings. The number of rotatable bonds is 3. The van der Waals surface area contributed by atoms with Crippen LogP contribution < -0.4 is 0 Å². The zero-order valence-corrected chi connectivity index (χ0v) is 17.4. The van der Waals surface area contributed by atoms with E-state index in [0.29, 0.717) is 0 Å². The molecule has 1 fully saturated rings. The number of ether oxygens (including phenoxy) is 3. The van der Waals surface area contributed by atoms with Gasteiger partial charge in [-0.1, -0.05) is 32.1 Å². The van der Waals surface area contributed by atoms with Gasteiger partial charge in [0.05, 0.1) is 11.8 Å². The van der Waals surface area contributed by atoms with Gasteiger partial charge in [0.25, 0.3) is 0 Å². The van der Waals surface area contributed by atoms with Gasteiger partial charge in [0.15, 0.2) is 23.6 Å². The van der Waals surface area contributed by atoms with E-state index in [1.54, 1.807) is 26.8 Å². The first-order valence-corrected chi connectivity index (χ1v) is 9.55. The highest BCUT2D eigenvalue weighted by molar-refractivity contribution is 5.92. The minimum atomic E-state index is -2.17. The number of hydrogen-bond donors (Lipinski definition) is 1. The van der Waals surface area contributed by atoms with E-state index >= 15 is 0 Å². The average Bonchev–Trinajstić information content (AvgIpc) is 2.88. The van der Waals surface area contributed by atoms with Crippen molar-refractivity contribution in [1.29, 1.82) is 0 Å². The summed E-state index contributed by atoms with van der Waals surface area (Å²) in [5, 5.41) is 11.1. The Bertz CT molecular complexity index is 761. The molecular formula is C21H28O8. The van der Waals surface area contributed by atoms with Crippen molar-refractivity contribution in [2.45, 2.75) is 71.4 Å². The summed E-state index contributed by atoms with van der Waals surface area (Å²) in [4.78, 5) is 49.2. The van der Waals surface area contributed by atoms with Crippen LogP contribution in [0.25, 0.3) is 0 Å². The number of fused-ring (bicyclic) bond motifs is 1. The molecule has 0 bridgehead atoms. The van der Waals surface area contributed by atoms with E-state index in [1.165, 1.54) is 6.92 Å². The molecule has 8 nitrogen and oxygen atoms in total. The van der Waals surface area contributed by atoms with Crippen molar-refractivity contribution in [3.63, 3.8) is 0 Å². The zero-order chi connectivity index (χ0) is 22.1. The molecule has 0 amide bonds. The van der Waals surface area contributed by atoms with Crippen molar-refractivity contribution in [1.82, 2.24) is 0 Å². The highest BCUT2D eigenvalue weighted by atomic mass is 16.6. The number of carbonyl (C=O) groups excluding carboxylic acids is 4. The van der Waals surface area contributed by atoms with E-state index in [9.17, 15) is 24.3 Å². The third-order valence-corrected chi connectivity index (χ3v) is 5.27. The molecule has 0 aromatic carbocycles. The number of allylic oxidation sites excluding steroid dienone is 1. The SMILES string of the molecule is C=C1C(=O)O[C@@H]2C/C(C)=C\CC(=O)[C@](C)(O)[C@H](OC(C)=O)[C@@H](OC(=O)C(C)C)[C@@H]12. The van der Waals surface area contributed by atoms with E-state index in [2.05, 4.69) is 6.58 Å². The Morgan fingerprint density at radius 1 is 1.31 bits per heavy atom. The molecule has 0 unspecified atom stereocenters. The molecule has 0 saturated carbocycles. The van der Waals surface area contributed by atoms with E-state index < -0.39 is 59.4 Å². The van der Waals surface area contributed by atoms with E-state index in [4.69, 9.17) is 14.2 Å². The minimum Gasteiger partial charge on any atom is -0.458 e. The first-order valence-electron chi connectivity index (χ1n) is 9.55. The second-order valence-electron chi connectivity index (χ2n) is 8.11. The molecule has 1 aliphatic heterocycles. The number of esters is 3. The molecule has 0 radical (unpaired) electrons. The third kappa shape index (κ3) is 4.75. The Hall–Kier alpha value is -2.48. The van der Waals surface area contributed by atoms with Crippen LogP contribution in [0.5, 0.6) is 0 Å². The highest BCUT2D eigenvalue weighted by Crippen LogP contribution is 2.40. The van der Waals surface area contributed by atoms with Gasteiger partial charge in [-0.15, -0.1) is 0 Å². The second-order valence-corrected chi connectivity index (χ2v) is 8.11. The van der Waals surface area contributed by atoms with Crippen molar-refractivity contribution >= 4 is 23.7 Å². The van der Waals surface area contributed by atoms with Crippen LogP contribution in [0.1, 0.15) is 47.5 Å². The molecule has 1 N–H and O–H groups in total. The smallest absolute Gasteiger partial charge is 0.334 e. The van der Waals surface area contributed by atoms with Gasteiger partial charge in [-0.2, -0.15) is 0 Å². The summed E-state index contributed by atoms with van der Waals surface area (Å²) in [6.07, 6.45) is -1.81. The van der Waals surface area contributed by atoms with E-state index in [0.717, 1.165) is 12.5 Å². The molecule has 2 rings (SSSR count). The summed E-state index contributed by atoms with van der Waals surface area (Å²) in [6, 6.07) is 0. The maximum Gasteiger partial charge on any atom is 0.334 e. The summed E-state index contributed by atoms with van der Waals surface area (Å²) in [6.45, 7) is 11.1. The lowest BCUT2D eigenvalue weighted by Gasteiger charge is -2.39. The monoisotopic (exact) mass is 408 g/mol. The van der Waals surface area contributed by atoms with Gasteiger partial charge in [-0.3, -0.25) is 14.4 Å². The van der Waals surface area contributed by atoms with Gasteiger partial charge < -0.3 is 19.3 Å². The predicted octanol–water partition coefficient (Wildman–Crippen LogP) is 1.64. The molecule has 1 saturated heterocycles. The second kappa shape index (κ2) is 8.49. The van der Waals surface area contributed by atoms with Gasteiger partial charge >= 0.3 is 17.9 Å². The summed E-state index contributed by atoms with van der Waals surface area (Å²) < 4.78 is 16.3. The number of carbonyl (C=O) groups is 4. The predicted molar refractivity (Wildman–Crippen MR) is 101 cm³/mol. The van der Waals surface area contributed by atoms with Gasteiger partial charge in [-0.25, -0.2) is 4.79 Å². The van der Waals surface area contributed by atoms with Gasteiger partial charge in [-0.05, 0) is 13.8 Å². The van der Waals surface area contributed by atoms with Crippen molar-refractivity contribution in [2.75, 3.05) is 0 Å². The molecular weight excluding hydrogens is 380 g/mol. The summed E-state index contributed by atoms with van der Waals surface area (Å²) in [5.41, 5.74) is -1.37. The lowest BCUT2D eigenvalue weighted by atomic mass is 9.77. The summed E-state index contributed by atoms with van der Waals surface area (Å²) in [5.74, 6) is -4.10. The fourth-order valence-corrected chi connectivity index (χ4v) is 3.53. The van der Waals surface area contributed by atoms with Crippen molar-refractivity contribution < 1.29 is 38.5 Å². The topological polar surface area (TPSA) is 116 Å². The van der Waals surface area contributed by atoms with Gasteiger partial charge in [0.2, 0.25) is 0 Å². The van der Waals surface area contributed by atoms with Crippen LogP contribution >= 0.6 is 0 Å². The molecule has 0 aromatic heterocycles. The van der Waals surface area contributed by atoms with Crippen LogP contribution in [-0.4, -0.2) is 52.7 Å². The quantitative estimate of drug-likeness (QED) is 0.324. The molecule has 160 valence electrons. The van der Waals surface area contributed by atoms with E-state index in [-0.39, 0.29) is 18.4 Å². The Morgan fingerprint density at radius 2 is 1.93 bits per heavy atom. The van der Waals surface area contributed by atoms with Crippen molar-refractivity contribution in [2.24, 2.45) is 11.8 Å². The van der Waals surface area contributed by atoms with Crippen LogP contribution in [0.3, 0.4) is 0 Å². The lowest BCUT2D eigenvalue weighted by Crippen LogP contribution is -2.58. The third-order valence-electron chi connectivity index (χ3n) is 5.27. The van der Waals surface area contributed by atoms with Crippen molar-refractivity contribution in [3.05, 3.63) is 23.8 Å².